The van der Waals surface area contributed by atoms with Crippen molar-refractivity contribution in [3.05, 3.63) is 52.9 Å². The summed E-state index contributed by atoms with van der Waals surface area (Å²) in [6, 6.07) is 11.7. The molecule has 6 nitrogen and oxygen atoms in total. The van der Waals surface area contributed by atoms with Gasteiger partial charge < -0.3 is 9.30 Å². The minimum absolute atomic E-state index is 0.0571. The Morgan fingerprint density at radius 2 is 2.28 bits per heavy atom. The first kappa shape index (κ1) is 19.4. The van der Waals surface area contributed by atoms with E-state index in [-0.39, 0.29) is 11.7 Å². The zero-order valence-electron chi connectivity index (χ0n) is 16.4. The van der Waals surface area contributed by atoms with E-state index in [0.717, 1.165) is 53.2 Å². The summed E-state index contributed by atoms with van der Waals surface area (Å²) in [6.07, 6.45) is 4.04. The van der Waals surface area contributed by atoms with E-state index in [1.807, 2.05) is 50.2 Å². The summed E-state index contributed by atoms with van der Waals surface area (Å²) in [7, 11) is 0. The van der Waals surface area contributed by atoms with Crippen LogP contribution < -0.4 is 5.32 Å². The number of aryl methyl sites for hydroxylation is 1. The van der Waals surface area contributed by atoms with Gasteiger partial charge in [-0.05, 0) is 56.5 Å². The topological polar surface area (TPSA) is 79.9 Å². The molecular weight excluding hydrogens is 384 g/mol. The van der Waals surface area contributed by atoms with Crippen LogP contribution >= 0.6 is 11.3 Å². The van der Waals surface area contributed by atoms with Crippen molar-refractivity contribution in [2.45, 2.75) is 39.3 Å². The molecule has 2 aromatic heterocycles. The number of nitrogens with one attached hydrogen (secondary N) is 1. The van der Waals surface area contributed by atoms with Gasteiger partial charge in [0.25, 0.3) is 5.91 Å². The van der Waals surface area contributed by atoms with Crippen LogP contribution in [0.5, 0.6) is 0 Å². The summed E-state index contributed by atoms with van der Waals surface area (Å²) < 4.78 is 8.93. The molecule has 7 heteroatoms. The molecule has 1 aromatic carbocycles. The number of rotatable bonds is 5. The fourth-order valence-electron chi connectivity index (χ4n) is 3.64. The molecule has 1 N–H and O–H groups in total. The normalized spacial score (nSPS) is 16.9. The monoisotopic (exact) mass is 406 g/mol. The van der Waals surface area contributed by atoms with Crippen molar-refractivity contribution in [1.82, 2.24) is 9.55 Å². The molecular formula is C22H22N4O2S. The number of aromatic nitrogens is 2. The highest BCUT2D eigenvalue weighted by Gasteiger charge is 2.19. The van der Waals surface area contributed by atoms with Crippen molar-refractivity contribution in [3.63, 3.8) is 0 Å². The Balaban J connectivity index is 1.55. The van der Waals surface area contributed by atoms with Crippen LogP contribution in [0.3, 0.4) is 0 Å². The SMILES string of the molecule is Cc1cc(/C=C(\C#N)C(=O)Nc2nc3ccccc3s2)c(C)n1C[C@H]1CCCO1. The molecule has 0 spiro atoms. The summed E-state index contributed by atoms with van der Waals surface area (Å²) in [5.74, 6) is -0.449. The third kappa shape index (κ3) is 4.09. The predicted octanol–water partition coefficient (Wildman–Crippen LogP) is 4.44. The quantitative estimate of drug-likeness (QED) is 0.502. The van der Waals surface area contributed by atoms with Gasteiger partial charge in [0.2, 0.25) is 0 Å². The number of benzene rings is 1. The van der Waals surface area contributed by atoms with Gasteiger partial charge in [-0.2, -0.15) is 5.26 Å². The summed E-state index contributed by atoms with van der Waals surface area (Å²) in [4.78, 5) is 17.0. The van der Waals surface area contributed by atoms with Crippen molar-refractivity contribution in [2.24, 2.45) is 0 Å². The van der Waals surface area contributed by atoms with Crippen LogP contribution in [0, 0.1) is 25.2 Å². The van der Waals surface area contributed by atoms with E-state index in [0.29, 0.717) is 5.13 Å². The minimum atomic E-state index is -0.449. The van der Waals surface area contributed by atoms with E-state index in [9.17, 15) is 10.1 Å². The molecule has 0 saturated carbocycles. The molecule has 1 aliphatic heterocycles. The van der Waals surface area contributed by atoms with Crippen LogP contribution in [0.2, 0.25) is 0 Å². The average molecular weight is 407 g/mol. The molecule has 0 bridgehead atoms. The number of thiazole rings is 1. The van der Waals surface area contributed by atoms with Gasteiger partial charge in [-0.15, -0.1) is 0 Å². The Morgan fingerprint density at radius 3 is 3.00 bits per heavy atom. The van der Waals surface area contributed by atoms with Gasteiger partial charge in [-0.1, -0.05) is 23.5 Å². The van der Waals surface area contributed by atoms with Crippen molar-refractivity contribution < 1.29 is 9.53 Å². The molecule has 0 radical (unpaired) electrons. The third-order valence-electron chi connectivity index (χ3n) is 5.20. The Morgan fingerprint density at radius 1 is 1.45 bits per heavy atom. The number of carbonyl (C=O) groups excluding carboxylic acids is 1. The zero-order chi connectivity index (χ0) is 20.4. The number of anilines is 1. The van der Waals surface area contributed by atoms with Crippen LogP contribution in [-0.4, -0.2) is 28.2 Å². The number of carbonyl (C=O) groups is 1. The van der Waals surface area contributed by atoms with E-state index in [4.69, 9.17) is 4.74 Å². The van der Waals surface area contributed by atoms with Gasteiger partial charge in [0.1, 0.15) is 11.6 Å². The maximum Gasteiger partial charge on any atom is 0.268 e. The number of para-hydroxylation sites is 1. The van der Waals surface area contributed by atoms with E-state index in [1.54, 1.807) is 6.08 Å². The molecule has 1 fully saturated rings. The second-order valence-electron chi connectivity index (χ2n) is 7.18. The summed E-state index contributed by atoms with van der Waals surface area (Å²) in [5.41, 5.74) is 3.87. The lowest BCUT2D eigenvalue weighted by Gasteiger charge is -2.14. The van der Waals surface area contributed by atoms with Crippen molar-refractivity contribution in [1.29, 1.82) is 5.26 Å². The zero-order valence-corrected chi connectivity index (χ0v) is 17.3. The van der Waals surface area contributed by atoms with Crippen molar-refractivity contribution >= 4 is 38.7 Å². The molecule has 0 unspecified atom stereocenters. The number of nitrogens with zero attached hydrogens (tertiary/aromatic N) is 3. The Hall–Kier alpha value is -2.95. The first-order valence-corrected chi connectivity index (χ1v) is 10.4. The summed E-state index contributed by atoms with van der Waals surface area (Å²) in [5, 5.41) is 12.8. The maximum absolute atomic E-state index is 12.6. The van der Waals surface area contributed by atoms with Crippen LogP contribution in [0.4, 0.5) is 5.13 Å². The molecule has 1 atom stereocenters. The lowest BCUT2D eigenvalue weighted by molar-refractivity contribution is -0.112. The lowest BCUT2D eigenvalue weighted by Crippen LogP contribution is -2.17. The molecule has 3 aromatic rings. The number of hydrogen-bond acceptors (Lipinski definition) is 5. The predicted molar refractivity (Wildman–Crippen MR) is 115 cm³/mol. The summed E-state index contributed by atoms with van der Waals surface area (Å²) >= 11 is 1.39. The van der Waals surface area contributed by atoms with Gasteiger partial charge in [-0.25, -0.2) is 4.98 Å². The van der Waals surface area contributed by atoms with Gasteiger partial charge in [-0.3, -0.25) is 10.1 Å². The van der Waals surface area contributed by atoms with Gasteiger partial charge in [0, 0.05) is 24.5 Å². The molecule has 1 amide bonds. The van der Waals surface area contributed by atoms with Crippen molar-refractivity contribution in [3.8, 4) is 6.07 Å². The average Bonchev–Trinajstić information content (AvgIpc) is 3.42. The van der Waals surface area contributed by atoms with E-state index < -0.39 is 5.91 Å². The highest BCUT2D eigenvalue weighted by molar-refractivity contribution is 7.22. The molecule has 3 heterocycles. The standard InChI is InChI=1S/C22H22N4O2S/c1-14-10-16(15(2)26(14)13-18-6-5-9-28-18)11-17(12-23)21(27)25-22-24-19-7-3-4-8-20(19)29-22/h3-4,7-8,10-11,18H,5-6,9,13H2,1-2H3,(H,24,25,27)/b17-11+/t18-/m1/s1. The van der Waals surface area contributed by atoms with E-state index >= 15 is 0 Å². The molecule has 1 aliphatic rings. The fraction of sp³-hybridized carbons (Fsp3) is 0.318. The number of ether oxygens (including phenoxy) is 1. The van der Waals surface area contributed by atoms with Crippen LogP contribution in [0.15, 0.2) is 35.9 Å². The van der Waals surface area contributed by atoms with Crippen LogP contribution in [0.25, 0.3) is 16.3 Å². The Bertz CT molecular complexity index is 1100. The number of hydrogen-bond donors (Lipinski definition) is 1. The van der Waals surface area contributed by atoms with Crippen LogP contribution in [0.1, 0.15) is 29.8 Å². The van der Waals surface area contributed by atoms with Gasteiger partial charge in [0.05, 0.1) is 16.3 Å². The molecule has 0 aliphatic carbocycles. The second kappa shape index (κ2) is 8.19. The smallest absolute Gasteiger partial charge is 0.268 e. The maximum atomic E-state index is 12.6. The molecule has 4 rings (SSSR count). The van der Waals surface area contributed by atoms with Crippen LogP contribution in [-0.2, 0) is 16.1 Å². The highest BCUT2D eigenvalue weighted by atomic mass is 32.1. The molecule has 29 heavy (non-hydrogen) atoms. The van der Waals surface area contributed by atoms with E-state index in [2.05, 4.69) is 14.9 Å². The first-order chi connectivity index (χ1) is 14.0. The number of fused-ring (bicyclic) bond motifs is 1. The second-order valence-corrected chi connectivity index (χ2v) is 8.21. The Kier molecular flexibility index (Phi) is 5.47. The van der Waals surface area contributed by atoms with E-state index in [1.165, 1.54) is 11.3 Å². The minimum Gasteiger partial charge on any atom is -0.376 e. The first-order valence-electron chi connectivity index (χ1n) is 9.62. The number of amides is 1. The van der Waals surface area contributed by atoms with Gasteiger partial charge in [0.15, 0.2) is 5.13 Å². The highest BCUT2D eigenvalue weighted by Crippen LogP contribution is 2.26. The molecule has 148 valence electrons. The fourth-order valence-corrected chi connectivity index (χ4v) is 4.50. The lowest BCUT2D eigenvalue weighted by atomic mass is 10.1. The Labute approximate surface area is 173 Å². The molecule has 1 saturated heterocycles. The number of nitriles is 1. The van der Waals surface area contributed by atoms with Crippen molar-refractivity contribution in [2.75, 3.05) is 11.9 Å². The largest absolute Gasteiger partial charge is 0.376 e. The summed E-state index contributed by atoms with van der Waals surface area (Å²) in [6.45, 7) is 5.66. The van der Waals surface area contributed by atoms with Gasteiger partial charge >= 0.3 is 0 Å². The third-order valence-corrected chi connectivity index (χ3v) is 6.15.